The first-order valence-corrected chi connectivity index (χ1v) is 20.9. The highest BCUT2D eigenvalue weighted by Gasteiger charge is 2.63. The number of aromatic nitrogens is 2. The molecule has 4 amide bonds. The molecule has 2 N–H and O–H groups in total. The summed E-state index contributed by atoms with van der Waals surface area (Å²) in [5.74, 6) is -1.35. The van der Waals surface area contributed by atoms with Gasteiger partial charge in [0.2, 0.25) is 15.9 Å². The molecular formula is C38H45F3N6O6S2. The van der Waals surface area contributed by atoms with E-state index < -0.39 is 56.0 Å². The van der Waals surface area contributed by atoms with Crippen LogP contribution in [0.1, 0.15) is 75.1 Å². The Bertz CT molecular complexity index is 2170. The van der Waals surface area contributed by atoms with Crippen molar-refractivity contribution in [2.45, 2.75) is 94.1 Å². The summed E-state index contributed by atoms with van der Waals surface area (Å²) in [6.07, 6.45) is 3.70. The lowest BCUT2D eigenvalue weighted by atomic mass is 9.84. The largest absolute Gasteiger partial charge is 0.496 e. The number of carbonyl (C=O) groups excluding carboxylic acids is 3. The van der Waals surface area contributed by atoms with Gasteiger partial charge in [-0.1, -0.05) is 12.2 Å². The van der Waals surface area contributed by atoms with E-state index in [2.05, 4.69) is 15.0 Å². The topological polar surface area (TPSA) is 151 Å². The van der Waals surface area contributed by atoms with Crippen molar-refractivity contribution < 1.29 is 40.7 Å². The number of aryl methyl sites for hydroxylation is 1. The number of allylic oxidation sites excluding steroid dienone is 1. The van der Waals surface area contributed by atoms with Crippen LogP contribution in [0.25, 0.3) is 21.6 Å². The summed E-state index contributed by atoms with van der Waals surface area (Å²) < 4.78 is 73.6. The molecule has 17 heteroatoms. The second-order valence-electron chi connectivity index (χ2n) is 15.6. The molecule has 0 spiro atoms. The summed E-state index contributed by atoms with van der Waals surface area (Å²) in [5.41, 5.74) is -0.159. The van der Waals surface area contributed by atoms with Crippen molar-refractivity contribution in [2.24, 2.45) is 11.8 Å². The number of urea groups is 1. The molecule has 12 nitrogen and oxygen atoms in total. The standard InChI is InChI=1S/C38H45F3N6O6S2/c1-22-29(53-4)11-10-26-24(19-27(42-31(22)26)33-43-30(21-54-33)38(39,40)41)17-23-12-16-47-28(18-23)32(48)44-37(34(49)45-55(51,52)36(2)13-14-36)20-25(37)9-7-5-6-8-15-46(3)35(47)50/h7,9-11,19,21,23,25,28H,5-6,8,12-18,20H2,1-4H3,(H,44,48)(H,45,49)/b9-7-/t23-,25-,28+,37-/m1/s1. The normalized spacial score (nSPS) is 26.3. The number of sulfonamides is 1. The lowest BCUT2D eigenvalue weighted by Crippen LogP contribution is -2.61. The van der Waals surface area contributed by atoms with Crippen molar-refractivity contribution in [3.63, 3.8) is 0 Å². The minimum atomic E-state index is -4.61. The second-order valence-corrected chi connectivity index (χ2v) is 18.6. The van der Waals surface area contributed by atoms with E-state index in [1.807, 2.05) is 31.2 Å². The number of fused-ring (bicyclic) bond motifs is 3. The summed E-state index contributed by atoms with van der Waals surface area (Å²) >= 11 is 0.850. The molecule has 0 bridgehead atoms. The Balaban J connectivity index is 1.21. The maximum absolute atomic E-state index is 14.4. The number of hydrogen-bond acceptors (Lipinski definition) is 9. The summed E-state index contributed by atoms with van der Waals surface area (Å²) in [6, 6.07) is 4.12. The maximum atomic E-state index is 14.4. The fourth-order valence-corrected chi connectivity index (χ4v) is 9.86. The van der Waals surface area contributed by atoms with E-state index in [0.717, 1.165) is 40.5 Å². The van der Waals surface area contributed by atoms with Gasteiger partial charge in [-0.05, 0) is 101 Å². The Hall–Kier alpha value is -4.25. The summed E-state index contributed by atoms with van der Waals surface area (Å²) in [5, 5.41) is 4.78. The first kappa shape index (κ1) is 39.0. The van der Waals surface area contributed by atoms with Gasteiger partial charge in [-0.15, -0.1) is 11.3 Å². The zero-order chi connectivity index (χ0) is 39.5. The first-order valence-electron chi connectivity index (χ1n) is 18.5. The Kier molecular flexibility index (Phi) is 10.2. The van der Waals surface area contributed by atoms with Gasteiger partial charge in [0, 0.05) is 42.4 Å². The van der Waals surface area contributed by atoms with Crippen LogP contribution in [0.4, 0.5) is 18.0 Å². The lowest BCUT2D eigenvalue weighted by molar-refractivity contribution is -0.140. The molecule has 2 aliphatic heterocycles. The predicted octanol–water partition coefficient (Wildman–Crippen LogP) is 5.98. The number of carbonyl (C=O) groups is 3. The van der Waals surface area contributed by atoms with E-state index in [9.17, 15) is 36.0 Å². The second kappa shape index (κ2) is 14.4. The minimum absolute atomic E-state index is 0.112. The average molecular weight is 803 g/mol. The summed E-state index contributed by atoms with van der Waals surface area (Å²) in [6.45, 7) is 4.15. The molecular weight excluding hydrogens is 758 g/mol. The minimum Gasteiger partial charge on any atom is -0.496 e. The highest BCUT2D eigenvalue weighted by atomic mass is 32.2. The molecule has 2 aromatic heterocycles. The van der Waals surface area contributed by atoms with Gasteiger partial charge in [-0.3, -0.25) is 14.3 Å². The van der Waals surface area contributed by atoms with Crippen LogP contribution in [0.5, 0.6) is 5.75 Å². The van der Waals surface area contributed by atoms with Crippen LogP contribution in [0.2, 0.25) is 0 Å². The van der Waals surface area contributed by atoms with Crippen molar-refractivity contribution in [2.75, 3.05) is 27.2 Å². The van der Waals surface area contributed by atoms with Crippen LogP contribution >= 0.6 is 11.3 Å². The zero-order valence-corrected chi connectivity index (χ0v) is 32.8. The molecule has 0 radical (unpaired) electrons. The quantitative estimate of drug-likeness (QED) is 0.277. The molecule has 4 aliphatic rings. The van der Waals surface area contributed by atoms with Crippen LogP contribution in [-0.4, -0.2) is 89.6 Å². The third-order valence-corrected chi connectivity index (χ3v) is 14.7. The third-order valence-electron chi connectivity index (χ3n) is 11.7. The Labute approximate surface area is 322 Å². The zero-order valence-electron chi connectivity index (χ0n) is 31.2. The summed E-state index contributed by atoms with van der Waals surface area (Å²) in [4.78, 5) is 53.9. The number of halogens is 3. The number of nitrogens with zero attached hydrogens (tertiary/aromatic N) is 4. The number of pyridine rings is 1. The fraction of sp³-hybridized carbons (Fsp3) is 0.553. The number of thiazole rings is 1. The molecule has 296 valence electrons. The smallest absolute Gasteiger partial charge is 0.434 e. The van der Waals surface area contributed by atoms with Gasteiger partial charge in [0.25, 0.3) is 5.91 Å². The monoisotopic (exact) mass is 802 g/mol. The number of piperidine rings is 1. The number of amides is 4. The highest BCUT2D eigenvalue weighted by Crippen LogP contribution is 2.48. The first-order chi connectivity index (χ1) is 26.0. The van der Waals surface area contributed by atoms with Crippen LogP contribution in [0.3, 0.4) is 0 Å². The number of methoxy groups -OCH3 is 1. The van der Waals surface area contributed by atoms with Crippen LogP contribution in [-0.2, 0) is 32.2 Å². The lowest BCUT2D eigenvalue weighted by Gasteiger charge is -2.41. The molecule has 2 saturated carbocycles. The molecule has 4 atom stereocenters. The van der Waals surface area contributed by atoms with Crippen molar-refractivity contribution in [1.82, 2.24) is 29.8 Å². The molecule has 1 aromatic carbocycles. The summed E-state index contributed by atoms with van der Waals surface area (Å²) in [7, 11) is -0.756. The van der Waals surface area contributed by atoms with Crippen molar-refractivity contribution in [3.8, 4) is 16.5 Å². The highest BCUT2D eigenvalue weighted by molar-refractivity contribution is 7.91. The van der Waals surface area contributed by atoms with E-state index >= 15 is 0 Å². The average Bonchev–Trinajstić information content (AvgIpc) is 3.99. The predicted molar refractivity (Wildman–Crippen MR) is 201 cm³/mol. The number of benzene rings is 1. The number of rotatable bonds is 7. The van der Waals surface area contributed by atoms with E-state index in [0.29, 0.717) is 55.5 Å². The van der Waals surface area contributed by atoms with Gasteiger partial charge in [-0.25, -0.2) is 23.2 Å². The van der Waals surface area contributed by atoms with Gasteiger partial charge in [0.1, 0.15) is 22.3 Å². The molecule has 7 rings (SSSR count). The molecule has 4 heterocycles. The van der Waals surface area contributed by atoms with E-state index in [1.165, 1.54) is 12.0 Å². The van der Waals surface area contributed by atoms with Gasteiger partial charge in [0.05, 0.1) is 23.1 Å². The SMILES string of the molecule is COc1ccc2c(C[C@H]3CCN4C(=O)N(C)CCCC/C=C\[C@@H]5C[C@@]5(C(=O)NS(=O)(=O)C5(C)CC5)NC(=O)[C@@H]4C3)cc(-c3nc(C(F)(F)F)cs3)nc2c1C. The van der Waals surface area contributed by atoms with Crippen LogP contribution < -0.4 is 14.8 Å². The molecule has 55 heavy (non-hydrogen) atoms. The fourth-order valence-electron chi connectivity index (χ4n) is 7.77. The molecule has 0 unspecified atom stereocenters. The van der Waals surface area contributed by atoms with Crippen LogP contribution in [0.15, 0.2) is 35.7 Å². The van der Waals surface area contributed by atoms with Gasteiger partial charge >= 0.3 is 12.2 Å². The Morgan fingerprint density at radius 3 is 2.62 bits per heavy atom. The number of nitrogens with one attached hydrogen (secondary N) is 2. The number of hydrogen-bond donors (Lipinski definition) is 2. The van der Waals surface area contributed by atoms with E-state index in [1.54, 1.807) is 24.9 Å². The van der Waals surface area contributed by atoms with Gasteiger partial charge in [-0.2, -0.15) is 13.2 Å². The molecule has 3 aromatic rings. The van der Waals surface area contributed by atoms with Crippen LogP contribution in [0, 0.1) is 18.8 Å². The molecule has 2 aliphatic carbocycles. The molecule has 1 saturated heterocycles. The van der Waals surface area contributed by atoms with E-state index in [-0.39, 0.29) is 42.0 Å². The number of ether oxygens (including phenoxy) is 1. The van der Waals surface area contributed by atoms with Gasteiger partial charge in [0.15, 0.2) is 5.69 Å². The van der Waals surface area contributed by atoms with Crippen molar-refractivity contribution in [1.29, 1.82) is 0 Å². The van der Waals surface area contributed by atoms with Gasteiger partial charge < -0.3 is 19.9 Å². The Morgan fingerprint density at radius 1 is 1.16 bits per heavy atom. The van der Waals surface area contributed by atoms with Crippen molar-refractivity contribution >= 4 is 50.1 Å². The Morgan fingerprint density at radius 2 is 1.93 bits per heavy atom. The molecule has 3 fully saturated rings. The number of alkyl halides is 3. The van der Waals surface area contributed by atoms with Crippen molar-refractivity contribution in [3.05, 3.63) is 52.6 Å². The van der Waals surface area contributed by atoms with E-state index in [4.69, 9.17) is 9.72 Å². The maximum Gasteiger partial charge on any atom is 0.434 e. The third kappa shape index (κ3) is 7.53.